The van der Waals surface area contributed by atoms with Crippen LogP contribution < -0.4 is 0 Å². The number of hydrogen-bond donors (Lipinski definition) is 0. The van der Waals surface area contributed by atoms with Crippen molar-refractivity contribution in [3.63, 3.8) is 0 Å². The van der Waals surface area contributed by atoms with Gasteiger partial charge in [-0.3, -0.25) is 9.48 Å². The number of rotatable bonds is 3. The Morgan fingerprint density at radius 1 is 1.24 bits per heavy atom. The van der Waals surface area contributed by atoms with Gasteiger partial charge in [0.1, 0.15) is 5.82 Å². The molecule has 0 saturated heterocycles. The molecule has 0 N–H and O–H groups in total. The maximum Gasteiger partial charge on any atom is 0.279 e. The van der Waals surface area contributed by atoms with E-state index in [9.17, 15) is 9.18 Å². The third-order valence-electron chi connectivity index (χ3n) is 4.99. The van der Waals surface area contributed by atoms with Crippen LogP contribution >= 0.6 is 11.3 Å². The zero-order valence-corrected chi connectivity index (χ0v) is 16.3. The maximum absolute atomic E-state index is 13.2. The van der Waals surface area contributed by atoms with Crippen LogP contribution in [0.1, 0.15) is 20.9 Å². The molecular formula is C20H16FN5O2S. The summed E-state index contributed by atoms with van der Waals surface area (Å²) in [7, 11) is 1.87. The number of benzene rings is 1. The first-order valence-corrected chi connectivity index (χ1v) is 9.95. The van der Waals surface area contributed by atoms with Gasteiger partial charge in [0.15, 0.2) is 5.69 Å². The second-order valence-corrected chi connectivity index (χ2v) is 7.73. The van der Waals surface area contributed by atoms with Crippen LogP contribution in [0.5, 0.6) is 0 Å². The van der Waals surface area contributed by atoms with Crippen LogP contribution in [0.2, 0.25) is 0 Å². The van der Waals surface area contributed by atoms with Gasteiger partial charge in [-0.2, -0.15) is 10.1 Å². The first-order valence-electron chi connectivity index (χ1n) is 9.07. The van der Waals surface area contributed by atoms with Gasteiger partial charge in [0.05, 0.1) is 11.4 Å². The molecule has 1 aliphatic heterocycles. The summed E-state index contributed by atoms with van der Waals surface area (Å²) in [5, 5.41) is 10.5. The molecule has 4 aromatic rings. The van der Waals surface area contributed by atoms with E-state index in [1.54, 1.807) is 16.8 Å². The fourth-order valence-corrected chi connectivity index (χ4v) is 4.22. The average Bonchev–Trinajstić information content (AvgIpc) is 3.48. The molecule has 0 saturated carbocycles. The fourth-order valence-electron chi connectivity index (χ4n) is 3.53. The highest BCUT2D eigenvalue weighted by molar-refractivity contribution is 7.12. The number of hydrogen-bond acceptors (Lipinski definition) is 6. The van der Waals surface area contributed by atoms with E-state index in [0.717, 1.165) is 16.1 Å². The van der Waals surface area contributed by atoms with Crippen molar-refractivity contribution in [2.75, 3.05) is 6.54 Å². The molecule has 5 rings (SSSR count). The highest BCUT2D eigenvalue weighted by atomic mass is 32.1. The Labute approximate surface area is 169 Å². The van der Waals surface area contributed by atoms with Gasteiger partial charge in [-0.25, -0.2) is 4.39 Å². The fraction of sp³-hybridized carbons (Fsp3) is 0.200. The normalized spacial score (nSPS) is 13.5. The predicted octanol–water partition coefficient (Wildman–Crippen LogP) is 3.54. The Morgan fingerprint density at radius 3 is 2.83 bits per heavy atom. The number of carbonyl (C=O) groups excluding carboxylic acids is 1. The molecule has 0 bridgehead atoms. The highest BCUT2D eigenvalue weighted by Gasteiger charge is 2.30. The van der Waals surface area contributed by atoms with Crippen molar-refractivity contribution in [3.8, 4) is 23.0 Å². The number of nitrogens with zero attached hydrogens (tertiary/aromatic N) is 5. The lowest BCUT2D eigenvalue weighted by Crippen LogP contribution is -2.36. The highest BCUT2D eigenvalue weighted by Crippen LogP contribution is 2.31. The first-order chi connectivity index (χ1) is 14.1. The van der Waals surface area contributed by atoms with Crippen LogP contribution in [-0.2, 0) is 20.0 Å². The van der Waals surface area contributed by atoms with Crippen LogP contribution in [-0.4, -0.2) is 37.3 Å². The lowest BCUT2D eigenvalue weighted by molar-refractivity contribution is 0.0738. The SMILES string of the molecule is Cn1nc(-c2nc(-c3ccc(F)cc3)no2)c2c1CCN(C(=O)c1cccs1)C2. The smallest absolute Gasteiger partial charge is 0.279 e. The van der Waals surface area contributed by atoms with Crippen molar-refractivity contribution in [2.24, 2.45) is 7.05 Å². The number of fused-ring (bicyclic) bond motifs is 1. The number of aryl methyl sites for hydroxylation is 1. The molecule has 1 aromatic carbocycles. The predicted molar refractivity (Wildman–Crippen MR) is 105 cm³/mol. The standard InChI is InChI=1S/C20H16FN5O2S/c1-25-15-8-9-26(20(27)16-3-2-10-29-16)11-14(15)17(23-25)19-22-18(24-28-19)12-4-6-13(21)7-5-12/h2-7,10H,8-9,11H2,1H3. The van der Waals surface area contributed by atoms with Gasteiger partial charge in [0.25, 0.3) is 11.8 Å². The summed E-state index contributed by atoms with van der Waals surface area (Å²) < 4.78 is 20.4. The summed E-state index contributed by atoms with van der Waals surface area (Å²) in [5.41, 5.74) is 3.20. The minimum Gasteiger partial charge on any atom is -0.333 e. The van der Waals surface area contributed by atoms with E-state index < -0.39 is 0 Å². The lowest BCUT2D eigenvalue weighted by atomic mass is 10.0. The third kappa shape index (κ3) is 3.13. The van der Waals surface area contributed by atoms with Crippen molar-refractivity contribution in [2.45, 2.75) is 13.0 Å². The third-order valence-corrected chi connectivity index (χ3v) is 5.85. The van der Waals surface area contributed by atoms with E-state index in [1.165, 1.54) is 23.5 Å². The van der Waals surface area contributed by atoms with E-state index in [-0.39, 0.29) is 17.6 Å². The van der Waals surface area contributed by atoms with Crippen LogP contribution in [0.4, 0.5) is 4.39 Å². The van der Waals surface area contributed by atoms with E-state index in [0.29, 0.717) is 36.6 Å². The number of halogens is 1. The van der Waals surface area contributed by atoms with E-state index in [2.05, 4.69) is 15.2 Å². The van der Waals surface area contributed by atoms with Gasteiger partial charge in [-0.05, 0) is 35.7 Å². The van der Waals surface area contributed by atoms with Crippen LogP contribution in [0, 0.1) is 5.82 Å². The second kappa shape index (κ2) is 6.93. The monoisotopic (exact) mass is 409 g/mol. The molecule has 0 radical (unpaired) electrons. The van der Waals surface area contributed by atoms with Crippen molar-refractivity contribution in [1.82, 2.24) is 24.8 Å². The molecule has 7 nitrogen and oxygen atoms in total. The molecule has 4 heterocycles. The molecule has 0 atom stereocenters. The summed E-state index contributed by atoms with van der Waals surface area (Å²) in [6, 6.07) is 9.60. The zero-order chi connectivity index (χ0) is 20.0. The van der Waals surface area contributed by atoms with Crippen molar-refractivity contribution in [3.05, 3.63) is 63.7 Å². The summed E-state index contributed by atoms with van der Waals surface area (Å²) in [6.07, 6.45) is 0.703. The van der Waals surface area contributed by atoms with E-state index >= 15 is 0 Å². The number of aromatic nitrogens is 4. The molecule has 0 unspecified atom stereocenters. The summed E-state index contributed by atoms with van der Waals surface area (Å²) in [4.78, 5) is 19.7. The quantitative estimate of drug-likeness (QED) is 0.517. The Hall–Kier alpha value is -3.33. The average molecular weight is 409 g/mol. The molecule has 146 valence electrons. The minimum absolute atomic E-state index is 0.0120. The topological polar surface area (TPSA) is 77.1 Å². The van der Waals surface area contributed by atoms with Gasteiger partial charge in [-0.1, -0.05) is 11.2 Å². The van der Waals surface area contributed by atoms with E-state index in [4.69, 9.17) is 4.52 Å². The summed E-state index contributed by atoms with van der Waals surface area (Å²) >= 11 is 1.43. The molecule has 3 aromatic heterocycles. The largest absolute Gasteiger partial charge is 0.333 e. The molecule has 0 spiro atoms. The van der Waals surface area contributed by atoms with Crippen molar-refractivity contribution in [1.29, 1.82) is 0 Å². The second-order valence-electron chi connectivity index (χ2n) is 6.78. The van der Waals surface area contributed by atoms with Crippen LogP contribution in [0.15, 0.2) is 46.3 Å². The van der Waals surface area contributed by atoms with E-state index in [1.807, 2.05) is 29.5 Å². The maximum atomic E-state index is 13.2. The Balaban J connectivity index is 1.47. The molecule has 29 heavy (non-hydrogen) atoms. The minimum atomic E-state index is -0.327. The summed E-state index contributed by atoms with van der Waals surface area (Å²) in [5.74, 6) is 0.332. The Bertz CT molecular complexity index is 1180. The Morgan fingerprint density at radius 2 is 2.07 bits per heavy atom. The Kier molecular flexibility index (Phi) is 4.24. The molecule has 0 aliphatic carbocycles. The van der Waals surface area contributed by atoms with Crippen LogP contribution in [0.25, 0.3) is 23.0 Å². The molecular weight excluding hydrogens is 393 g/mol. The lowest BCUT2D eigenvalue weighted by Gasteiger charge is -2.27. The number of carbonyl (C=O) groups is 1. The molecule has 1 aliphatic rings. The summed E-state index contributed by atoms with van der Waals surface area (Å²) in [6.45, 7) is 1.07. The van der Waals surface area contributed by atoms with Crippen LogP contribution in [0.3, 0.4) is 0 Å². The molecule has 9 heteroatoms. The number of thiophene rings is 1. The van der Waals surface area contributed by atoms with Gasteiger partial charge >= 0.3 is 0 Å². The van der Waals surface area contributed by atoms with Crippen molar-refractivity contribution >= 4 is 17.2 Å². The zero-order valence-electron chi connectivity index (χ0n) is 15.5. The molecule has 0 fully saturated rings. The van der Waals surface area contributed by atoms with Gasteiger partial charge < -0.3 is 9.42 Å². The first kappa shape index (κ1) is 17.7. The molecule has 1 amide bonds. The van der Waals surface area contributed by atoms with Gasteiger partial charge in [0, 0.05) is 36.8 Å². The van der Waals surface area contributed by atoms with Gasteiger partial charge in [0.2, 0.25) is 5.82 Å². The van der Waals surface area contributed by atoms with Crippen molar-refractivity contribution < 1.29 is 13.7 Å². The number of amides is 1. The van der Waals surface area contributed by atoms with Gasteiger partial charge in [-0.15, -0.1) is 11.3 Å².